The minimum absolute atomic E-state index is 0. The summed E-state index contributed by atoms with van der Waals surface area (Å²) in [5.41, 5.74) is 4.53. The maximum absolute atomic E-state index is 12.4. The number of amides is 4. The molecule has 0 saturated carbocycles. The Morgan fingerprint density at radius 3 is 1.10 bits per heavy atom. The van der Waals surface area contributed by atoms with E-state index in [0.717, 1.165) is 61.8 Å². The summed E-state index contributed by atoms with van der Waals surface area (Å²) >= 11 is 0. The number of hydrogen-bond donors (Lipinski definition) is 6. The molecule has 40 heavy (non-hydrogen) atoms. The number of anilines is 4. The van der Waals surface area contributed by atoms with Crippen molar-refractivity contribution in [2.24, 2.45) is 9.98 Å². The maximum Gasteiger partial charge on any atom is 0.323 e. The van der Waals surface area contributed by atoms with Crippen LogP contribution in [0.3, 0.4) is 0 Å². The van der Waals surface area contributed by atoms with Crippen LogP contribution in [0.2, 0.25) is 0 Å². The fourth-order valence-corrected chi connectivity index (χ4v) is 4.10. The number of nitrogens with one attached hydrogen (secondary N) is 6. The highest BCUT2D eigenvalue weighted by atomic mass is 35.5. The predicted molar refractivity (Wildman–Crippen MR) is 167 cm³/mol. The normalized spacial score (nSPS) is 13.9. The average molecular weight is 584 g/mol. The van der Waals surface area contributed by atoms with Crippen LogP contribution in [0.25, 0.3) is 0 Å². The number of urea groups is 2. The van der Waals surface area contributed by atoms with E-state index in [-0.39, 0.29) is 36.9 Å². The van der Waals surface area contributed by atoms with E-state index in [1.165, 1.54) is 0 Å². The highest BCUT2D eigenvalue weighted by Crippen LogP contribution is 2.17. The number of carbonyl (C=O) groups is 2. The van der Waals surface area contributed by atoms with Gasteiger partial charge in [-0.25, -0.2) is 9.59 Å². The zero-order valence-corrected chi connectivity index (χ0v) is 23.3. The Bertz CT molecular complexity index is 1240. The molecule has 0 atom stereocenters. The Morgan fingerprint density at radius 2 is 0.825 bits per heavy atom. The molecule has 2 aliphatic heterocycles. The van der Waals surface area contributed by atoms with Crippen LogP contribution in [0.15, 0.2) is 82.8 Å². The maximum atomic E-state index is 12.4. The molecule has 0 unspecified atom stereocenters. The molecule has 2 aliphatic rings. The zero-order valence-electron chi connectivity index (χ0n) is 21.7. The Morgan fingerprint density at radius 1 is 0.525 bits per heavy atom. The van der Waals surface area contributed by atoms with Gasteiger partial charge >= 0.3 is 12.1 Å². The number of carbonyl (C=O) groups excluding carboxylic acids is 2. The van der Waals surface area contributed by atoms with Crippen molar-refractivity contribution in [3.63, 3.8) is 0 Å². The zero-order chi connectivity index (χ0) is 26.2. The molecule has 6 N–H and O–H groups in total. The lowest BCUT2D eigenvalue weighted by Crippen LogP contribution is -2.30. The minimum atomic E-state index is -0.359. The van der Waals surface area contributed by atoms with Gasteiger partial charge in [-0.3, -0.25) is 9.98 Å². The number of benzene rings is 3. The van der Waals surface area contributed by atoms with Crippen LogP contribution in [-0.4, -0.2) is 49.9 Å². The van der Waals surface area contributed by atoms with Crippen molar-refractivity contribution in [2.75, 3.05) is 47.4 Å². The summed E-state index contributed by atoms with van der Waals surface area (Å²) in [7, 11) is 0. The highest BCUT2D eigenvalue weighted by molar-refractivity contribution is 6.03. The summed E-state index contributed by atoms with van der Waals surface area (Å²) in [6.45, 7) is 3.49. The molecule has 4 amide bonds. The summed E-state index contributed by atoms with van der Waals surface area (Å²) in [5.74, 6) is 1.77. The first-order valence-electron chi connectivity index (χ1n) is 12.7. The van der Waals surface area contributed by atoms with E-state index >= 15 is 0 Å². The van der Waals surface area contributed by atoms with Crippen molar-refractivity contribution < 1.29 is 9.59 Å². The standard InChI is InChI=1S/C28H30N8O2.2ClH/c37-27(33-21-7-3-19(4-8-21)25-29-15-1-16-30-25)35-23-11-13-24(14-12-23)36-28(38)34-22-9-5-20(6-10-22)26-31-17-2-18-32-26;;/h3-14H,1-2,15-18H2,(H,29,30)(H,31,32)(H2,33,35,37)(H2,34,36,38);2*1H. The van der Waals surface area contributed by atoms with Crippen molar-refractivity contribution in [3.8, 4) is 0 Å². The Balaban J connectivity index is 0.00000220. The summed E-state index contributed by atoms with van der Waals surface area (Å²) in [4.78, 5) is 33.8. The molecule has 3 aromatic rings. The van der Waals surface area contributed by atoms with Crippen molar-refractivity contribution in [1.82, 2.24) is 10.6 Å². The fourth-order valence-electron chi connectivity index (χ4n) is 4.10. The smallest absolute Gasteiger partial charge is 0.323 e. The SMILES string of the molecule is Cl.Cl.O=C(Nc1ccc(NC(=O)Nc2ccc(C3=NCCCN3)cc2)cc1)Nc1ccc(C2=NCCCN2)cc1. The Labute approximate surface area is 245 Å². The molecule has 0 radical (unpaired) electrons. The second-order valence-corrected chi connectivity index (χ2v) is 8.91. The highest BCUT2D eigenvalue weighted by Gasteiger charge is 2.10. The lowest BCUT2D eigenvalue weighted by Gasteiger charge is -2.15. The lowest BCUT2D eigenvalue weighted by molar-refractivity contribution is 0.261. The monoisotopic (exact) mass is 582 g/mol. The molecule has 3 aromatic carbocycles. The third-order valence-electron chi connectivity index (χ3n) is 6.03. The van der Waals surface area contributed by atoms with Crippen LogP contribution in [0.4, 0.5) is 32.3 Å². The predicted octanol–water partition coefficient (Wildman–Crippen LogP) is 5.30. The molecule has 10 nitrogen and oxygen atoms in total. The summed E-state index contributed by atoms with van der Waals surface area (Å²) < 4.78 is 0. The first kappa shape index (κ1) is 30.3. The topological polar surface area (TPSA) is 131 Å². The van der Waals surface area contributed by atoms with Crippen molar-refractivity contribution in [2.45, 2.75) is 12.8 Å². The first-order valence-corrected chi connectivity index (χ1v) is 12.7. The van der Waals surface area contributed by atoms with Crippen LogP contribution in [0.5, 0.6) is 0 Å². The van der Waals surface area contributed by atoms with E-state index in [2.05, 4.69) is 41.9 Å². The first-order chi connectivity index (χ1) is 18.6. The van der Waals surface area contributed by atoms with E-state index < -0.39 is 0 Å². The van der Waals surface area contributed by atoms with Gasteiger partial charge in [-0.05, 0) is 85.6 Å². The van der Waals surface area contributed by atoms with Gasteiger partial charge < -0.3 is 31.9 Å². The van der Waals surface area contributed by atoms with Gasteiger partial charge in [-0.15, -0.1) is 24.8 Å². The molecular formula is C28H32Cl2N8O2. The lowest BCUT2D eigenvalue weighted by atomic mass is 10.1. The second kappa shape index (κ2) is 14.8. The summed E-state index contributed by atoms with van der Waals surface area (Å²) in [6, 6.07) is 21.2. The van der Waals surface area contributed by atoms with E-state index in [0.29, 0.717) is 22.7 Å². The van der Waals surface area contributed by atoms with Crippen molar-refractivity contribution in [3.05, 3.63) is 83.9 Å². The molecule has 0 spiro atoms. The quantitative estimate of drug-likeness (QED) is 0.235. The van der Waals surface area contributed by atoms with E-state index in [9.17, 15) is 9.59 Å². The van der Waals surface area contributed by atoms with Crippen molar-refractivity contribution in [1.29, 1.82) is 0 Å². The van der Waals surface area contributed by atoms with Crippen molar-refractivity contribution >= 4 is 71.3 Å². The van der Waals surface area contributed by atoms with E-state index in [4.69, 9.17) is 0 Å². The molecule has 12 heteroatoms. The summed E-state index contributed by atoms with van der Waals surface area (Å²) in [6.07, 6.45) is 2.08. The van der Waals surface area contributed by atoms with Crippen LogP contribution in [-0.2, 0) is 0 Å². The molecule has 0 aliphatic carbocycles. The van der Waals surface area contributed by atoms with Gasteiger partial charge in [0.15, 0.2) is 0 Å². The number of amidine groups is 2. The average Bonchev–Trinajstić information content (AvgIpc) is 2.96. The van der Waals surface area contributed by atoms with Gasteiger partial charge in [0.25, 0.3) is 0 Å². The van der Waals surface area contributed by atoms with Crippen LogP contribution in [0, 0.1) is 0 Å². The van der Waals surface area contributed by atoms with Gasteiger partial charge in [0.05, 0.1) is 0 Å². The number of halogens is 2. The third-order valence-corrected chi connectivity index (χ3v) is 6.03. The van der Waals surface area contributed by atoms with Gasteiger partial charge in [0.1, 0.15) is 11.7 Å². The summed E-state index contributed by atoms with van der Waals surface area (Å²) in [5, 5.41) is 17.8. The van der Waals surface area contributed by atoms with E-state index in [1.807, 2.05) is 48.5 Å². The number of rotatable bonds is 6. The fraction of sp³-hybridized carbons (Fsp3) is 0.214. The molecule has 0 bridgehead atoms. The molecular weight excluding hydrogens is 551 g/mol. The number of aliphatic imine (C=N–C) groups is 2. The van der Waals surface area contributed by atoms with Gasteiger partial charge in [0.2, 0.25) is 0 Å². The Kier molecular flexibility index (Phi) is 11.2. The Hall–Kier alpha value is -4.28. The number of hydrogen-bond acceptors (Lipinski definition) is 6. The minimum Gasteiger partial charge on any atom is -0.370 e. The molecule has 0 fully saturated rings. The van der Waals surface area contributed by atoms with Gasteiger partial charge in [-0.2, -0.15) is 0 Å². The van der Waals surface area contributed by atoms with Crippen LogP contribution < -0.4 is 31.9 Å². The third kappa shape index (κ3) is 8.36. The molecule has 5 rings (SSSR count). The van der Waals surface area contributed by atoms with Gasteiger partial charge in [0, 0.05) is 60.1 Å². The van der Waals surface area contributed by atoms with Crippen LogP contribution >= 0.6 is 24.8 Å². The molecule has 2 heterocycles. The molecule has 0 aromatic heterocycles. The molecule has 210 valence electrons. The van der Waals surface area contributed by atoms with Gasteiger partial charge in [-0.1, -0.05) is 0 Å². The largest absolute Gasteiger partial charge is 0.370 e. The van der Waals surface area contributed by atoms with E-state index in [1.54, 1.807) is 24.3 Å². The van der Waals surface area contributed by atoms with Crippen LogP contribution in [0.1, 0.15) is 24.0 Å². The second-order valence-electron chi connectivity index (χ2n) is 8.91. The molecule has 0 saturated heterocycles. The number of nitrogens with zero attached hydrogens (tertiary/aromatic N) is 2.